The van der Waals surface area contributed by atoms with Gasteiger partial charge in [0, 0.05) is 11.6 Å². The molecule has 3 nitrogen and oxygen atoms in total. The number of rotatable bonds is 5. The lowest BCUT2D eigenvalue weighted by molar-refractivity contribution is -0.138. The van der Waals surface area contributed by atoms with E-state index in [9.17, 15) is 18.0 Å². The zero-order chi connectivity index (χ0) is 16.2. The van der Waals surface area contributed by atoms with E-state index < -0.39 is 17.6 Å². The molecule has 0 aliphatic carbocycles. The molecule has 0 saturated heterocycles. The predicted molar refractivity (Wildman–Crippen MR) is 78.4 cm³/mol. The third kappa shape index (κ3) is 4.07. The molecule has 1 heterocycles. The van der Waals surface area contributed by atoms with Gasteiger partial charge in [0.1, 0.15) is 5.01 Å². The highest BCUT2D eigenvalue weighted by molar-refractivity contribution is 7.09. The highest BCUT2D eigenvalue weighted by Crippen LogP contribution is 2.32. The van der Waals surface area contributed by atoms with Crippen LogP contribution in [0.5, 0.6) is 0 Å². The molecule has 0 fully saturated rings. The Bertz CT molecular complexity index is 626. The largest absolute Gasteiger partial charge is 0.416 e. The fourth-order valence-electron chi connectivity index (χ4n) is 2.11. The summed E-state index contributed by atoms with van der Waals surface area (Å²) in [6.45, 7) is 1.88. The van der Waals surface area contributed by atoms with Gasteiger partial charge in [0.05, 0.1) is 18.0 Å². The van der Waals surface area contributed by atoms with Crippen LogP contribution < -0.4 is 5.32 Å². The van der Waals surface area contributed by atoms with Crippen LogP contribution in [0.25, 0.3) is 0 Å². The van der Waals surface area contributed by atoms with E-state index in [4.69, 9.17) is 0 Å². The first-order valence-electron chi connectivity index (χ1n) is 6.75. The van der Waals surface area contributed by atoms with Crippen molar-refractivity contribution >= 4 is 17.2 Å². The molecule has 7 heteroatoms. The molecule has 2 aromatic rings. The second-order valence-electron chi connectivity index (χ2n) is 4.73. The standard InChI is InChI=1S/C15H15F3N2OS/c1-2-12(14-19-7-8-22-14)20-13(21)9-10-5-3-4-6-11(10)15(16,17)18/h3-8,12H,2,9H2,1H3,(H,20,21). The van der Waals surface area contributed by atoms with Crippen LogP contribution in [0.1, 0.15) is 35.5 Å². The molecule has 118 valence electrons. The maximum atomic E-state index is 12.9. The molecule has 1 N–H and O–H groups in total. The zero-order valence-electron chi connectivity index (χ0n) is 11.9. The average molecular weight is 328 g/mol. The number of carbonyl (C=O) groups excluding carboxylic acids is 1. The Balaban J connectivity index is 2.10. The maximum absolute atomic E-state index is 12.9. The Labute approximate surface area is 130 Å². The third-order valence-electron chi connectivity index (χ3n) is 3.17. The van der Waals surface area contributed by atoms with E-state index in [1.807, 2.05) is 6.92 Å². The Morgan fingerprint density at radius 3 is 2.68 bits per heavy atom. The molecule has 1 unspecified atom stereocenters. The lowest BCUT2D eigenvalue weighted by Crippen LogP contribution is -2.30. The number of thiazole rings is 1. The van der Waals surface area contributed by atoms with Crippen LogP contribution in [0.4, 0.5) is 13.2 Å². The molecule has 0 aliphatic heterocycles. The van der Waals surface area contributed by atoms with E-state index in [1.165, 1.54) is 29.5 Å². The van der Waals surface area contributed by atoms with E-state index >= 15 is 0 Å². The number of aromatic nitrogens is 1. The second kappa shape index (κ2) is 6.91. The monoisotopic (exact) mass is 328 g/mol. The number of carbonyl (C=O) groups is 1. The van der Waals surface area contributed by atoms with Gasteiger partial charge in [-0.3, -0.25) is 4.79 Å². The summed E-state index contributed by atoms with van der Waals surface area (Å²) >= 11 is 1.41. The van der Waals surface area contributed by atoms with Crippen molar-refractivity contribution < 1.29 is 18.0 Å². The number of halogens is 3. The van der Waals surface area contributed by atoms with Crippen LogP contribution in [0.3, 0.4) is 0 Å². The molecule has 0 bridgehead atoms. The first-order valence-corrected chi connectivity index (χ1v) is 7.63. The van der Waals surface area contributed by atoms with Crippen molar-refractivity contribution in [3.63, 3.8) is 0 Å². The van der Waals surface area contributed by atoms with Crippen LogP contribution in [0, 0.1) is 0 Å². The molecule has 2 rings (SSSR count). The summed E-state index contributed by atoms with van der Waals surface area (Å²) in [6, 6.07) is 4.85. The highest BCUT2D eigenvalue weighted by atomic mass is 32.1. The van der Waals surface area contributed by atoms with Crippen LogP contribution in [0.15, 0.2) is 35.8 Å². The van der Waals surface area contributed by atoms with Gasteiger partial charge < -0.3 is 5.32 Å². The first-order chi connectivity index (χ1) is 10.4. The van der Waals surface area contributed by atoms with Gasteiger partial charge in [-0.2, -0.15) is 13.2 Å². The zero-order valence-corrected chi connectivity index (χ0v) is 12.7. The molecule has 1 aromatic heterocycles. The third-order valence-corrected chi connectivity index (χ3v) is 4.06. The fourth-order valence-corrected chi connectivity index (χ4v) is 2.89. The number of alkyl halides is 3. The molecule has 1 aromatic carbocycles. The topological polar surface area (TPSA) is 42.0 Å². The summed E-state index contributed by atoms with van der Waals surface area (Å²) in [5.74, 6) is -0.446. The van der Waals surface area contributed by atoms with Gasteiger partial charge in [-0.1, -0.05) is 25.1 Å². The van der Waals surface area contributed by atoms with Gasteiger partial charge >= 0.3 is 6.18 Å². The predicted octanol–water partition coefficient (Wildman–Crippen LogP) is 3.97. The number of amides is 1. The minimum atomic E-state index is -4.46. The van der Waals surface area contributed by atoms with Crippen molar-refractivity contribution in [2.24, 2.45) is 0 Å². The number of hydrogen-bond donors (Lipinski definition) is 1. The van der Waals surface area contributed by atoms with Crippen molar-refractivity contribution in [1.82, 2.24) is 10.3 Å². The molecule has 22 heavy (non-hydrogen) atoms. The lowest BCUT2D eigenvalue weighted by atomic mass is 10.0. The molecule has 0 spiro atoms. The Morgan fingerprint density at radius 1 is 1.36 bits per heavy atom. The van der Waals surface area contributed by atoms with Gasteiger partial charge in [0.25, 0.3) is 0 Å². The summed E-state index contributed by atoms with van der Waals surface area (Å²) in [6.07, 6.45) is -2.51. The number of nitrogens with one attached hydrogen (secondary N) is 1. The second-order valence-corrected chi connectivity index (χ2v) is 5.66. The number of nitrogens with zero attached hydrogens (tertiary/aromatic N) is 1. The van der Waals surface area contributed by atoms with Crippen molar-refractivity contribution in [2.75, 3.05) is 0 Å². The van der Waals surface area contributed by atoms with Crippen molar-refractivity contribution in [1.29, 1.82) is 0 Å². The van der Waals surface area contributed by atoms with E-state index in [-0.39, 0.29) is 18.0 Å². The van der Waals surface area contributed by atoms with E-state index in [1.54, 1.807) is 11.6 Å². The summed E-state index contributed by atoms with van der Waals surface area (Å²) in [5, 5.41) is 5.28. The SMILES string of the molecule is CCC(NC(=O)Cc1ccccc1C(F)(F)F)c1nccs1. The summed E-state index contributed by atoms with van der Waals surface area (Å²) < 4.78 is 38.7. The molecule has 0 aliphatic rings. The molecule has 0 saturated carbocycles. The van der Waals surface area contributed by atoms with Crippen LogP contribution >= 0.6 is 11.3 Å². The van der Waals surface area contributed by atoms with Crippen molar-refractivity contribution in [2.45, 2.75) is 32.0 Å². The molecular weight excluding hydrogens is 313 g/mol. The average Bonchev–Trinajstić information content (AvgIpc) is 2.98. The number of hydrogen-bond acceptors (Lipinski definition) is 3. The van der Waals surface area contributed by atoms with E-state index in [2.05, 4.69) is 10.3 Å². The summed E-state index contributed by atoms with van der Waals surface area (Å²) in [7, 11) is 0. The lowest BCUT2D eigenvalue weighted by Gasteiger charge is -2.16. The molecule has 1 amide bonds. The van der Waals surface area contributed by atoms with Crippen LogP contribution in [0.2, 0.25) is 0 Å². The molecule has 0 radical (unpaired) electrons. The Kier molecular flexibility index (Phi) is 5.18. The highest BCUT2D eigenvalue weighted by Gasteiger charge is 2.33. The van der Waals surface area contributed by atoms with Gasteiger partial charge in [-0.15, -0.1) is 11.3 Å². The first kappa shape index (κ1) is 16.5. The van der Waals surface area contributed by atoms with Gasteiger partial charge in [0.15, 0.2) is 0 Å². The van der Waals surface area contributed by atoms with E-state index in [0.29, 0.717) is 6.42 Å². The Hall–Kier alpha value is -1.89. The fraction of sp³-hybridized carbons (Fsp3) is 0.333. The quantitative estimate of drug-likeness (QED) is 0.902. The van der Waals surface area contributed by atoms with Gasteiger partial charge in [-0.05, 0) is 18.1 Å². The van der Waals surface area contributed by atoms with E-state index in [0.717, 1.165) is 11.1 Å². The van der Waals surface area contributed by atoms with Crippen molar-refractivity contribution in [3.8, 4) is 0 Å². The molecular formula is C15H15F3N2OS. The van der Waals surface area contributed by atoms with Crippen LogP contribution in [-0.4, -0.2) is 10.9 Å². The molecule has 1 atom stereocenters. The number of benzene rings is 1. The smallest absolute Gasteiger partial charge is 0.347 e. The van der Waals surface area contributed by atoms with Gasteiger partial charge in [-0.25, -0.2) is 4.98 Å². The maximum Gasteiger partial charge on any atom is 0.416 e. The summed E-state index contributed by atoms with van der Waals surface area (Å²) in [4.78, 5) is 16.2. The minimum Gasteiger partial charge on any atom is -0.347 e. The minimum absolute atomic E-state index is 0.0264. The van der Waals surface area contributed by atoms with Crippen LogP contribution in [-0.2, 0) is 17.4 Å². The van der Waals surface area contributed by atoms with Gasteiger partial charge in [0.2, 0.25) is 5.91 Å². The Morgan fingerprint density at radius 2 is 2.09 bits per heavy atom. The van der Waals surface area contributed by atoms with Crippen molar-refractivity contribution in [3.05, 3.63) is 52.0 Å². The normalized spacial score (nSPS) is 12.9. The summed E-state index contributed by atoms with van der Waals surface area (Å²) in [5.41, 5.74) is -0.797.